The molecule has 170 valence electrons. The van der Waals surface area contributed by atoms with Crippen LogP contribution in [0.25, 0.3) is 22.2 Å². The van der Waals surface area contributed by atoms with Crippen LogP contribution in [0.4, 0.5) is 5.69 Å². The van der Waals surface area contributed by atoms with Gasteiger partial charge in [0, 0.05) is 35.9 Å². The summed E-state index contributed by atoms with van der Waals surface area (Å²) >= 11 is 0. The van der Waals surface area contributed by atoms with Crippen molar-refractivity contribution in [2.75, 3.05) is 11.4 Å². The summed E-state index contributed by atoms with van der Waals surface area (Å²) in [6.45, 7) is 5.90. The summed E-state index contributed by atoms with van der Waals surface area (Å²) in [7, 11) is 2.08. The lowest BCUT2D eigenvalue weighted by Gasteiger charge is -2.24. The number of anilines is 1. The van der Waals surface area contributed by atoms with E-state index in [-0.39, 0.29) is 5.56 Å². The number of hydrogen-bond donors (Lipinski definition) is 2. The molecule has 0 aliphatic heterocycles. The molecule has 2 aromatic heterocycles. The van der Waals surface area contributed by atoms with Crippen LogP contribution >= 0.6 is 0 Å². The summed E-state index contributed by atoms with van der Waals surface area (Å²) in [5.41, 5.74) is 5.06. The van der Waals surface area contributed by atoms with Gasteiger partial charge in [0.2, 0.25) is 0 Å². The van der Waals surface area contributed by atoms with E-state index in [9.17, 15) is 14.7 Å². The Bertz CT molecular complexity index is 1350. The molecule has 0 spiro atoms. The van der Waals surface area contributed by atoms with Gasteiger partial charge in [-0.2, -0.15) is 0 Å². The van der Waals surface area contributed by atoms with E-state index in [1.165, 1.54) is 17.4 Å². The van der Waals surface area contributed by atoms with Gasteiger partial charge in [-0.3, -0.25) is 4.79 Å². The van der Waals surface area contributed by atoms with E-state index in [0.29, 0.717) is 12.1 Å². The van der Waals surface area contributed by atoms with E-state index >= 15 is 0 Å². The molecule has 0 bridgehead atoms. The third-order valence-corrected chi connectivity index (χ3v) is 6.13. The van der Waals surface area contributed by atoms with Crippen molar-refractivity contribution in [1.82, 2.24) is 9.55 Å². The van der Waals surface area contributed by atoms with Crippen LogP contribution in [0, 0.1) is 0 Å². The highest BCUT2D eigenvalue weighted by molar-refractivity contribution is 5.89. The fourth-order valence-electron chi connectivity index (χ4n) is 4.39. The highest BCUT2D eigenvalue weighted by Crippen LogP contribution is 2.29. The van der Waals surface area contributed by atoms with Gasteiger partial charge < -0.3 is 19.6 Å². The zero-order valence-electron chi connectivity index (χ0n) is 19.3. The number of hydrogen-bond acceptors (Lipinski definition) is 3. The van der Waals surface area contributed by atoms with E-state index < -0.39 is 11.5 Å². The summed E-state index contributed by atoms with van der Waals surface area (Å²) in [5, 5.41) is 10.4. The topological polar surface area (TPSA) is 78.3 Å². The first-order valence-corrected chi connectivity index (χ1v) is 11.3. The Morgan fingerprint density at radius 2 is 1.82 bits per heavy atom. The molecule has 0 saturated carbocycles. The number of carboxylic acid groups (broad SMARTS) is 1. The maximum absolute atomic E-state index is 12.3. The molecule has 2 aromatic carbocycles. The van der Waals surface area contributed by atoms with Gasteiger partial charge in [-0.25, -0.2) is 4.79 Å². The molecular weight excluding hydrogens is 414 g/mol. The van der Waals surface area contributed by atoms with Gasteiger partial charge in [-0.1, -0.05) is 38.1 Å². The van der Waals surface area contributed by atoms with Crippen molar-refractivity contribution >= 4 is 22.6 Å². The van der Waals surface area contributed by atoms with E-state index in [2.05, 4.69) is 70.9 Å². The van der Waals surface area contributed by atoms with Crippen molar-refractivity contribution in [2.24, 2.45) is 7.05 Å². The Kier molecular flexibility index (Phi) is 6.36. The van der Waals surface area contributed by atoms with Gasteiger partial charge in [-0.15, -0.1) is 0 Å². The zero-order valence-corrected chi connectivity index (χ0v) is 19.3. The van der Waals surface area contributed by atoms with Crippen LogP contribution in [-0.2, 0) is 20.0 Å². The van der Waals surface area contributed by atoms with E-state index in [1.54, 1.807) is 0 Å². The van der Waals surface area contributed by atoms with Gasteiger partial charge in [0.1, 0.15) is 5.56 Å². The number of benzene rings is 2. The maximum atomic E-state index is 12.3. The van der Waals surface area contributed by atoms with Gasteiger partial charge in [0.25, 0.3) is 5.56 Å². The molecule has 0 saturated heterocycles. The Hall–Kier alpha value is -3.80. The summed E-state index contributed by atoms with van der Waals surface area (Å²) < 4.78 is 2.21. The first kappa shape index (κ1) is 22.4. The lowest BCUT2D eigenvalue weighted by Crippen LogP contribution is -2.24. The normalized spacial score (nSPS) is 11.1. The van der Waals surface area contributed by atoms with Crippen molar-refractivity contribution in [3.8, 4) is 11.3 Å². The molecule has 0 unspecified atom stereocenters. The Labute approximate surface area is 193 Å². The Morgan fingerprint density at radius 3 is 2.48 bits per heavy atom. The van der Waals surface area contributed by atoms with Gasteiger partial charge in [-0.05, 0) is 60.4 Å². The average Bonchev–Trinajstić information content (AvgIpc) is 3.13. The highest BCUT2D eigenvalue weighted by atomic mass is 16.4. The van der Waals surface area contributed by atoms with Crippen molar-refractivity contribution in [3.05, 3.63) is 87.8 Å². The summed E-state index contributed by atoms with van der Waals surface area (Å²) in [4.78, 5) is 28.9. The molecule has 2 heterocycles. The maximum Gasteiger partial charge on any atom is 0.341 e. The van der Waals surface area contributed by atoms with Crippen LogP contribution in [0.3, 0.4) is 0 Å². The van der Waals surface area contributed by atoms with E-state index in [0.717, 1.165) is 41.5 Å². The lowest BCUT2D eigenvalue weighted by atomic mass is 10.0. The smallest absolute Gasteiger partial charge is 0.341 e. The molecule has 0 fully saturated rings. The number of H-pyrrole nitrogens is 1. The molecule has 0 aliphatic carbocycles. The van der Waals surface area contributed by atoms with Gasteiger partial charge in [0.15, 0.2) is 0 Å². The van der Waals surface area contributed by atoms with Crippen molar-refractivity contribution in [3.63, 3.8) is 0 Å². The van der Waals surface area contributed by atoms with E-state index in [1.807, 2.05) is 19.1 Å². The minimum absolute atomic E-state index is 0.226. The second kappa shape index (κ2) is 9.36. The minimum atomic E-state index is -1.21. The SMILES string of the molecule is CCCN(Cc1cc2cc(-c3[nH]c(=O)c(C(=O)O)cc3CC)ccc2n1C)c1ccccc1. The second-order valence-electron chi connectivity index (χ2n) is 8.30. The number of nitrogens with one attached hydrogen (secondary N) is 1. The number of aryl methyl sites for hydroxylation is 2. The number of nitrogens with zero attached hydrogens (tertiary/aromatic N) is 2. The van der Waals surface area contributed by atoms with E-state index in [4.69, 9.17) is 0 Å². The minimum Gasteiger partial charge on any atom is -0.477 e. The number of fused-ring (bicyclic) bond motifs is 1. The largest absolute Gasteiger partial charge is 0.477 e. The predicted molar refractivity (Wildman–Crippen MR) is 133 cm³/mol. The first-order valence-electron chi connectivity index (χ1n) is 11.3. The van der Waals surface area contributed by atoms with Crippen LogP contribution < -0.4 is 10.5 Å². The van der Waals surface area contributed by atoms with Gasteiger partial charge >= 0.3 is 5.97 Å². The third-order valence-electron chi connectivity index (χ3n) is 6.13. The Balaban J connectivity index is 1.74. The number of aromatic amines is 1. The zero-order chi connectivity index (χ0) is 23.5. The highest BCUT2D eigenvalue weighted by Gasteiger charge is 2.16. The molecule has 6 heteroatoms. The van der Waals surface area contributed by atoms with Crippen LogP contribution in [-0.4, -0.2) is 27.2 Å². The quantitative estimate of drug-likeness (QED) is 0.392. The molecule has 33 heavy (non-hydrogen) atoms. The second-order valence-corrected chi connectivity index (χ2v) is 8.30. The van der Waals surface area contributed by atoms with Crippen molar-refractivity contribution < 1.29 is 9.90 Å². The first-order chi connectivity index (χ1) is 15.9. The van der Waals surface area contributed by atoms with Crippen molar-refractivity contribution in [2.45, 2.75) is 33.2 Å². The molecule has 0 radical (unpaired) electrons. The fraction of sp³-hybridized carbons (Fsp3) is 0.259. The standard InChI is InChI=1S/C27H29N3O3/c1-4-13-30(21-9-7-6-8-10-21)17-22-15-20-14-19(11-12-24(20)29(22)3)25-18(5-2)16-23(27(32)33)26(31)28-25/h6-12,14-16H,4-5,13,17H2,1-3H3,(H,28,31)(H,32,33). The number of carbonyl (C=O) groups is 1. The Morgan fingerprint density at radius 1 is 1.06 bits per heavy atom. The molecule has 0 amide bonds. The number of pyridine rings is 1. The lowest BCUT2D eigenvalue weighted by molar-refractivity contribution is 0.0695. The van der Waals surface area contributed by atoms with Crippen molar-refractivity contribution in [1.29, 1.82) is 0 Å². The molecule has 0 atom stereocenters. The van der Waals surface area contributed by atoms with Crippen LogP contribution in [0.1, 0.15) is 41.9 Å². The number of aromatic nitrogens is 2. The average molecular weight is 444 g/mol. The molecule has 4 rings (SSSR count). The predicted octanol–water partition coefficient (Wildman–Crippen LogP) is 5.21. The van der Waals surface area contributed by atoms with Crippen LogP contribution in [0.5, 0.6) is 0 Å². The molecule has 2 N–H and O–H groups in total. The summed E-state index contributed by atoms with van der Waals surface area (Å²) in [6, 6.07) is 20.2. The number of carboxylic acids is 1. The monoisotopic (exact) mass is 443 g/mol. The third kappa shape index (κ3) is 4.42. The molecule has 6 nitrogen and oxygen atoms in total. The molecule has 0 aliphatic rings. The number of rotatable bonds is 8. The number of para-hydroxylation sites is 1. The van der Waals surface area contributed by atoms with Crippen LogP contribution in [0.2, 0.25) is 0 Å². The van der Waals surface area contributed by atoms with Crippen LogP contribution in [0.15, 0.2) is 65.5 Å². The fourth-order valence-corrected chi connectivity index (χ4v) is 4.39. The summed E-state index contributed by atoms with van der Waals surface area (Å²) in [6.07, 6.45) is 1.68. The molecule has 4 aromatic rings. The van der Waals surface area contributed by atoms with Gasteiger partial charge in [0.05, 0.1) is 12.2 Å². The summed E-state index contributed by atoms with van der Waals surface area (Å²) in [5.74, 6) is -1.21. The molecular formula is C27H29N3O3. The number of aromatic carboxylic acids is 1.